The van der Waals surface area contributed by atoms with Crippen molar-refractivity contribution in [2.75, 3.05) is 5.32 Å². The molecule has 0 saturated heterocycles. The number of amides is 1. The van der Waals surface area contributed by atoms with E-state index in [1.165, 1.54) is 0 Å². The Hall–Kier alpha value is -2.91. The average Bonchev–Trinajstić information content (AvgIpc) is 3.05. The van der Waals surface area contributed by atoms with Crippen LogP contribution in [0.3, 0.4) is 0 Å². The van der Waals surface area contributed by atoms with Gasteiger partial charge < -0.3 is 5.32 Å². The molecule has 1 N–H and O–H groups in total. The molecule has 0 saturated carbocycles. The zero-order valence-electron chi connectivity index (χ0n) is 13.1. The fourth-order valence-electron chi connectivity index (χ4n) is 3.10. The van der Waals surface area contributed by atoms with Gasteiger partial charge in [-0.2, -0.15) is 5.26 Å². The summed E-state index contributed by atoms with van der Waals surface area (Å²) in [6.45, 7) is 0. The van der Waals surface area contributed by atoms with Crippen LogP contribution in [-0.4, -0.2) is 15.5 Å². The summed E-state index contributed by atoms with van der Waals surface area (Å²) in [6, 6.07) is 17.2. The Labute approximate surface area is 153 Å². The summed E-state index contributed by atoms with van der Waals surface area (Å²) >= 11 is 3.54. The second-order valence-electron chi connectivity index (χ2n) is 5.84. The largest absolute Gasteiger partial charge is 0.310 e. The third-order valence-corrected chi connectivity index (χ3v) is 5.00. The number of nitriles is 1. The Morgan fingerprint density at radius 1 is 1.20 bits per heavy atom. The molecule has 0 unspecified atom stereocenters. The molecule has 4 rings (SSSR count). The summed E-state index contributed by atoms with van der Waals surface area (Å²) in [6.07, 6.45) is 2.07. The number of benzene rings is 2. The van der Waals surface area contributed by atoms with Crippen LogP contribution in [0.4, 0.5) is 5.82 Å². The number of nitrogens with zero attached hydrogens (tertiary/aromatic N) is 3. The molecule has 1 amide bonds. The highest BCUT2D eigenvalue weighted by Crippen LogP contribution is 2.38. The number of para-hydroxylation sites is 1. The first-order valence-corrected chi connectivity index (χ1v) is 8.58. The minimum Gasteiger partial charge on any atom is -0.310 e. The summed E-state index contributed by atoms with van der Waals surface area (Å²) in [5, 5.41) is 11.9. The quantitative estimate of drug-likeness (QED) is 0.716. The van der Waals surface area contributed by atoms with Crippen LogP contribution in [-0.2, 0) is 4.79 Å². The highest BCUT2D eigenvalue weighted by atomic mass is 79.9. The van der Waals surface area contributed by atoms with Gasteiger partial charge in [0.2, 0.25) is 5.91 Å². The normalized spacial score (nSPS) is 16.0. The van der Waals surface area contributed by atoms with Gasteiger partial charge in [0.05, 0.1) is 23.0 Å². The molecule has 0 fully saturated rings. The van der Waals surface area contributed by atoms with E-state index in [2.05, 4.69) is 32.3 Å². The number of rotatable bonds is 2. The third kappa shape index (κ3) is 2.73. The number of fused-ring (bicyclic) bond motifs is 1. The first kappa shape index (κ1) is 15.6. The molecule has 122 valence electrons. The highest BCUT2D eigenvalue weighted by molar-refractivity contribution is 9.10. The molecule has 6 heteroatoms. The van der Waals surface area contributed by atoms with Gasteiger partial charge in [0.25, 0.3) is 0 Å². The molecule has 2 heterocycles. The van der Waals surface area contributed by atoms with E-state index in [0.29, 0.717) is 17.8 Å². The van der Waals surface area contributed by atoms with E-state index in [1.54, 1.807) is 18.5 Å². The van der Waals surface area contributed by atoms with Gasteiger partial charge in [0.15, 0.2) is 0 Å². The second kappa shape index (κ2) is 6.19. The van der Waals surface area contributed by atoms with E-state index < -0.39 is 0 Å². The lowest BCUT2D eigenvalue weighted by Crippen LogP contribution is -2.25. The van der Waals surface area contributed by atoms with Gasteiger partial charge >= 0.3 is 0 Å². The van der Waals surface area contributed by atoms with Crippen molar-refractivity contribution in [1.82, 2.24) is 9.55 Å². The molecular formula is C19H13BrN4O. The minimum absolute atomic E-state index is 0.0457. The third-order valence-electron chi connectivity index (χ3n) is 4.33. The molecule has 2 aromatic carbocycles. The number of nitrogens with one attached hydrogen (secondary N) is 1. The van der Waals surface area contributed by atoms with Crippen LogP contribution in [0, 0.1) is 11.3 Å². The molecule has 1 aliphatic rings. The topological polar surface area (TPSA) is 70.7 Å². The number of hydrogen-bond acceptors (Lipinski definition) is 3. The number of carbonyl (C=O) groups excluding carboxylic acids is 1. The van der Waals surface area contributed by atoms with Crippen molar-refractivity contribution in [2.45, 2.75) is 12.3 Å². The average molecular weight is 393 g/mol. The van der Waals surface area contributed by atoms with Crippen molar-refractivity contribution in [3.05, 3.63) is 76.2 Å². The summed E-state index contributed by atoms with van der Waals surface area (Å²) in [7, 11) is 0. The molecule has 1 aliphatic heterocycles. The standard InChI is InChI=1S/C19H13BrN4O/c20-15-3-1-2-4-16(15)24-11-22-18-14(9-17(25)23-19(18)24)13-7-5-12(10-21)6-8-13/h1-8,11,14H,9H2,(H,23,25)/t14-/m1/s1. The molecule has 0 aliphatic carbocycles. The van der Waals surface area contributed by atoms with Gasteiger partial charge in [-0.1, -0.05) is 24.3 Å². The Morgan fingerprint density at radius 3 is 2.68 bits per heavy atom. The molecule has 5 nitrogen and oxygen atoms in total. The van der Waals surface area contributed by atoms with Crippen molar-refractivity contribution in [3.63, 3.8) is 0 Å². The van der Waals surface area contributed by atoms with Gasteiger partial charge in [-0.3, -0.25) is 9.36 Å². The highest BCUT2D eigenvalue weighted by Gasteiger charge is 2.31. The van der Waals surface area contributed by atoms with Crippen LogP contribution >= 0.6 is 15.9 Å². The molecule has 3 aromatic rings. The van der Waals surface area contributed by atoms with Gasteiger partial charge in [-0.25, -0.2) is 4.98 Å². The SMILES string of the molecule is N#Cc1ccc([C@H]2CC(=O)Nc3c2ncn3-c2ccccc2Br)cc1. The van der Waals surface area contributed by atoms with E-state index in [9.17, 15) is 4.79 Å². The van der Waals surface area contributed by atoms with Gasteiger partial charge in [0.1, 0.15) is 12.1 Å². The maximum absolute atomic E-state index is 12.3. The summed E-state index contributed by atoms with van der Waals surface area (Å²) in [5.41, 5.74) is 3.33. The van der Waals surface area contributed by atoms with Crippen LogP contribution in [0.5, 0.6) is 0 Å². The smallest absolute Gasteiger partial charge is 0.226 e. The predicted molar refractivity (Wildman–Crippen MR) is 97.5 cm³/mol. The fraction of sp³-hybridized carbons (Fsp3) is 0.105. The lowest BCUT2D eigenvalue weighted by Gasteiger charge is -2.23. The number of anilines is 1. The molecule has 25 heavy (non-hydrogen) atoms. The zero-order valence-corrected chi connectivity index (χ0v) is 14.7. The number of halogens is 1. The first-order chi connectivity index (χ1) is 12.2. The lowest BCUT2D eigenvalue weighted by molar-refractivity contribution is -0.116. The van der Waals surface area contributed by atoms with Crippen LogP contribution in [0.15, 0.2) is 59.3 Å². The Bertz CT molecular complexity index is 1000. The molecule has 0 bridgehead atoms. The minimum atomic E-state index is -0.125. The van der Waals surface area contributed by atoms with Gasteiger partial charge in [-0.15, -0.1) is 0 Å². The fourth-order valence-corrected chi connectivity index (χ4v) is 3.58. The van der Waals surface area contributed by atoms with E-state index >= 15 is 0 Å². The van der Waals surface area contributed by atoms with Crippen LogP contribution in [0.1, 0.15) is 29.2 Å². The lowest BCUT2D eigenvalue weighted by atomic mass is 9.89. The van der Waals surface area contributed by atoms with Crippen molar-refractivity contribution in [3.8, 4) is 11.8 Å². The summed E-state index contributed by atoms with van der Waals surface area (Å²) in [5.74, 6) is 0.522. The molecule has 1 aromatic heterocycles. The number of hydrogen-bond donors (Lipinski definition) is 1. The maximum atomic E-state index is 12.3. The van der Waals surface area contributed by atoms with Crippen LogP contribution in [0.2, 0.25) is 0 Å². The van der Waals surface area contributed by atoms with Crippen molar-refractivity contribution >= 4 is 27.7 Å². The zero-order chi connectivity index (χ0) is 17.4. The van der Waals surface area contributed by atoms with Crippen molar-refractivity contribution in [2.24, 2.45) is 0 Å². The summed E-state index contributed by atoms with van der Waals surface area (Å²) < 4.78 is 2.80. The molecule has 0 radical (unpaired) electrons. The van der Waals surface area contributed by atoms with Crippen molar-refractivity contribution < 1.29 is 4.79 Å². The number of carbonyl (C=O) groups is 1. The van der Waals surface area contributed by atoms with Gasteiger partial charge in [-0.05, 0) is 45.8 Å². The molecule has 0 spiro atoms. The van der Waals surface area contributed by atoms with E-state index in [-0.39, 0.29) is 11.8 Å². The second-order valence-corrected chi connectivity index (χ2v) is 6.69. The molecule has 1 atom stereocenters. The monoisotopic (exact) mass is 392 g/mol. The predicted octanol–water partition coefficient (Wildman–Crippen LogP) is 3.98. The Morgan fingerprint density at radius 2 is 1.96 bits per heavy atom. The number of imidazole rings is 1. The summed E-state index contributed by atoms with van der Waals surface area (Å²) in [4.78, 5) is 16.9. The molecular weight excluding hydrogens is 380 g/mol. The van der Waals surface area contributed by atoms with Gasteiger partial charge in [0, 0.05) is 16.8 Å². The van der Waals surface area contributed by atoms with Crippen molar-refractivity contribution in [1.29, 1.82) is 5.26 Å². The Balaban J connectivity index is 1.81. The van der Waals surface area contributed by atoms with E-state index in [0.717, 1.165) is 21.4 Å². The number of aromatic nitrogens is 2. The Kier molecular flexibility index (Phi) is 3.86. The van der Waals surface area contributed by atoms with E-state index in [4.69, 9.17) is 5.26 Å². The maximum Gasteiger partial charge on any atom is 0.226 e. The van der Waals surface area contributed by atoms with Crippen LogP contribution in [0.25, 0.3) is 5.69 Å². The van der Waals surface area contributed by atoms with E-state index in [1.807, 2.05) is 41.0 Å². The first-order valence-electron chi connectivity index (χ1n) is 7.79. The van der Waals surface area contributed by atoms with Crippen LogP contribution < -0.4 is 5.32 Å².